The van der Waals surface area contributed by atoms with Crippen molar-refractivity contribution in [2.75, 3.05) is 6.61 Å². The highest BCUT2D eigenvalue weighted by Gasteiger charge is 2.23. The van der Waals surface area contributed by atoms with Gasteiger partial charge in [0.1, 0.15) is 28.9 Å². The molecule has 2 rings (SSSR count). The van der Waals surface area contributed by atoms with Crippen LogP contribution in [0.3, 0.4) is 0 Å². The monoisotopic (exact) mass is 380 g/mol. The van der Waals surface area contributed by atoms with Gasteiger partial charge in [0.2, 0.25) is 5.88 Å². The molecule has 0 fully saturated rings. The van der Waals surface area contributed by atoms with E-state index in [1.807, 2.05) is 0 Å². The van der Waals surface area contributed by atoms with E-state index in [0.29, 0.717) is 0 Å². The van der Waals surface area contributed by atoms with E-state index in [9.17, 15) is 13.2 Å². The summed E-state index contributed by atoms with van der Waals surface area (Å²) in [5, 5.41) is 3.73. The number of halogens is 5. The number of ether oxygens (including phenoxy) is 2. The van der Waals surface area contributed by atoms with Crippen LogP contribution in [0.5, 0.6) is 11.6 Å². The van der Waals surface area contributed by atoms with Gasteiger partial charge in [-0.25, -0.2) is 9.07 Å². The lowest BCUT2D eigenvalue weighted by Crippen LogP contribution is -2.06. The molecule has 0 spiro atoms. The molecule has 0 saturated carbocycles. The Labute approximate surface area is 146 Å². The quantitative estimate of drug-likeness (QED) is 0.654. The van der Waals surface area contributed by atoms with Gasteiger partial charge in [-0.2, -0.15) is 13.9 Å². The summed E-state index contributed by atoms with van der Waals surface area (Å²) >= 11 is 11.9. The molecule has 1 aromatic carbocycles. The summed E-state index contributed by atoms with van der Waals surface area (Å²) in [5.74, 6) is -0.916. The standard InChI is InChI=1S/C15H13Cl2F3N2O2/c1-7(2)6-23-11-4-8(10(18)5-9(11)16)13-12(17)14(22(3)21-13)24-15(19)20/h4-5,15H,1,6H2,2-3H3. The first-order chi connectivity index (χ1) is 11.2. The second kappa shape index (κ2) is 7.36. The van der Waals surface area contributed by atoms with Crippen LogP contribution in [-0.2, 0) is 7.05 Å². The molecular weight excluding hydrogens is 368 g/mol. The molecular formula is C15H13Cl2F3N2O2. The Morgan fingerprint density at radius 1 is 1.38 bits per heavy atom. The Bertz CT molecular complexity index is 779. The molecule has 0 bridgehead atoms. The zero-order chi connectivity index (χ0) is 18.0. The fraction of sp³-hybridized carbons (Fsp3) is 0.267. The number of benzene rings is 1. The van der Waals surface area contributed by atoms with Gasteiger partial charge in [-0.3, -0.25) is 0 Å². The molecule has 4 nitrogen and oxygen atoms in total. The van der Waals surface area contributed by atoms with Crippen molar-refractivity contribution in [3.05, 3.63) is 40.1 Å². The summed E-state index contributed by atoms with van der Waals surface area (Å²) in [7, 11) is 1.35. The average molecular weight is 381 g/mol. The van der Waals surface area contributed by atoms with Gasteiger partial charge >= 0.3 is 6.61 Å². The lowest BCUT2D eigenvalue weighted by atomic mass is 10.1. The highest BCUT2D eigenvalue weighted by Crippen LogP contribution is 2.39. The summed E-state index contributed by atoms with van der Waals surface area (Å²) in [6.07, 6.45) is 0. The number of alkyl halides is 2. The molecule has 0 aliphatic heterocycles. The summed E-state index contributed by atoms with van der Waals surface area (Å²) in [6.45, 7) is 2.53. The summed E-state index contributed by atoms with van der Waals surface area (Å²) in [4.78, 5) is 0. The van der Waals surface area contributed by atoms with Gasteiger partial charge in [-0.05, 0) is 24.6 Å². The molecule has 0 radical (unpaired) electrons. The average Bonchev–Trinajstić information content (AvgIpc) is 2.74. The number of nitrogens with zero attached hydrogens (tertiary/aromatic N) is 2. The van der Waals surface area contributed by atoms with Crippen LogP contribution in [0.25, 0.3) is 11.3 Å². The van der Waals surface area contributed by atoms with Crippen LogP contribution < -0.4 is 9.47 Å². The van der Waals surface area contributed by atoms with Crippen molar-refractivity contribution in [3.63, 3.8) is 0 Å². The van der Waals surface area contributed by atoms with E-state index < -0.39 is 12.4 Å². The van der Waals surface area contributed by atoms with Crippen molar-refractivity contribution in [2.24, 2.45) is 7.05 Å². The number of aromatic nitrogens is 2. The van der Waals surface area contributed by atoms with Crippen LogP contribution in [0.15, 0.2) is 24.3 Å². The lowest BCUT2D eigenvalue weighted by molar-refractivity contribution is -0.0552. The van der Waals surface area contributed by atoms with Crippen molar-refractivity contribution in [2.45, 2.75) is 13.5 Å². The summed E-state index contributed by atoms with van der Waals surface area (Å²) in [6, 6.07) is 2.32. The van der Waals surface area contributed by atoms with E-state index in [1.54, 1.807) is 6.92 Å². The van der Waals surface area contributed by atoms with Crippen molar-refractivity contribution < 1.29 is 22.6 Å². The molecule has 0 unspecified atom stereocenters. The Balaban J connectivity index is 2.48. The molecule has 9 heteroatoms. The minimum absolute atomic E-state index is 0.0496. The van der Waals surface area contributed by atoms with E-state index in [4.69, 9.17) is 27.9 Å². The van der Waals surface area contributed by atoms with Crippen molar-refractivity contribution in [1.82, 2.24) is 9.78 Å². The minimum atomic E-state index is -3.09. The van der Waals surface area contributed by atoms with E-state index in [2.05, 4.69) is 16.4 Å². The zero-order valence-corrected chi connectivity index (χ0v) is 14.3. The first-order valence-corrected chi connectivity index (χ1v) is 7.40. The van der Waals surface area contributed by atoms with Gasteiger partial charge in [0.05, 0.1) is 5.02 Å². The smallest absolute Gasteiger partial charge is 0.388 e. The molecule has 130 valence electrons. The van der Waals surface area contributed by atoms with Crippen LogP contribution in [-0.4, -0.2) is 23.0 Å². The largest absolute Gasteiger partial charge is 0.488 e. The molecule has 1 aromatic heterocycles. The van der Waals surface area contributed by atoms with Gasteiger partial charge in [0, 0.05) is 12.6 Å². The van der Waals surface area contributed by atoms with E-state index in [1.165, 1.54) is 13.1 Å². The second-order valence-electron chi connectivity index (χ2n) is 4.98. The predicted molar refractivity (Wildman–Crippen MR) is 85.6 cm³/mol. The molecule has 0 aliphatic rings. The van der Waals surface area contributed by atoms with Gasteiger partial charge in [0.25, 0.3) is 0 Å². The molecule has 2 aromatic rings. The van der Waals surface area contributed by atoms with Crippen LogP contribution in [0, 0.1) is 5.82 Å². The first-order valence-electron chi connectivity index (χ1n) is 6.64. The molecule has 0 saturated heterocycles. The Morgan fingerprint density at radius 3 is 2.62 bits per heavy atom. The summed E-state index contributed by atoms with van der Waals surface area (Å²) < 4.78 is 49.8. The van der Waals surface area contributed by atoms with Crippen LogP contribution in [0.2, 0.25) is 10.0 Å². The Kier molecular flexibility index (Phi) is 5.66. The van der Waals surface area contributed by atoms with Gasteiger partial charge in [-0.15, -0.1) is 0 Å². The Hall–Kier alpha value is -1.86. The van der Waals surface area contributed by atoms with Crippen molar-refractivity contribution in [3.8, 4) is 22.9 Å². The number of aryl methyl sites for hydroxylation is 1. The van der Waals surface area contributed by atoms with E-state index in [-0.39, 0.29) is 39.5 Å². The van der Waals surface area contributed by atoms with Crippen molar-refractivity contribution in [1.29, 1.82) is 0 Å². The molecule has 1 heterocycles. The number of hydrogen-bond acceptors (Lipinski definition) is 3. The highest BCUT2D eigenvalue weighted by atomic mass is 35.5. The molecule has 0 aliphatic carbocycles. The van der Waals surface area contributed by atoms with Crippen LogP contribution in [0.4, 0.5) is 13.2 Å². The number of hydrogen-bond donors (Lipinski definition) is 0. The fourth-order valence-corrected chi connectivity index (χ4v) is 2.40. The molecule has 0 N–H and O–H groups in total. The lowest BCUT2D eigenvalue weighted by Gasteiger charge is -2.10. The fourth-order valence-electron chi connectivity index (χ4n) is 1.89. The zero-order valence-electron chi connectivity index (χ0n) is 12.7. The third-order valence-corrected chi connectivity index (χ3v) is 3.53. The summed E-state index contributed by atoms with van der Waals surface area (Å²) in [5.41, 5.74) is 0.616. The van der Waals surface area contributed by atoms with E-state index in [0.717, 1.165) is 16.3 Å². The normalized spacial score (nSPS) is 11.0. The first kappa shape index (κ1) is 18.5. The second-order valence-corrected chi connectivity index (χ2v) is 5.76. The third kappa shape index (κ3) is 3.96. The third-order valence-electron chi connectivity index (χ3n) is 2.89. The number of rotatable bonds is 6. The van der Waals surface area contributed by atoms with Crippen LogP contribution >= 0.6 is 23.2 Å². The molecule has 0 atom stereocenters. The molecule has 24 heavy (non-hydrogen) atoms. The maximum absolute atomic E-state index is 14.2. The van der Waals surface area contributed by atoms with E-state index >= 15 is 0 Å². The van der Waals surface area contributed by atoms with Crippen LogP contribution in [0.1, 0.15) is 6.92 Å². The predicted octanol–water partition coefficient (Wildman–Crippen LogP) is 5.09. The molecule has 0 amide bonds. The van der Waals surface area contributed by atoms with Crippen molar-refractivity contribution >= 4 is 23.2 Å². The highest BCUT2D eigenvalue weighted by molar-refractivity contribution is 6.34. The Morgan fingerprint density at radius 2 is 2.04 bits per heavy atom. The topological polar surface area (TPSA) is 36.3 Å². The van der Waals surface area contributed by atoms with Gasteiger partial charge < -0.3 is 9.47 Å². The maximum atomic E-state index is 14.2. The van der Waals surface area contributed by atoms with Gasteiger partial charge in [0.15, 0.2) is 0 Å². The maximum Gasteiger partial charge on any atom is 0.388 e. The SMILES string of the molecule is C=C(C)COc1cc(-c2nn(C)c(OC(F)F)c2Cl)c(F)cc1Cl. The van der Waals surface area contributed by atoms with Gasteiger partial charge in [-0.1, -0.05) is 29.8 Å². The minimum Gasteiger partial charge on any atom is -0.488 e.